The molecule has 2 aliphatic rings. The highest BCUT2D eigenvalue weighted by Crippen LogP contribution is 2.43. The van der Waals surface area contributed by atoms with Gasteiger partial charge in [-0.1, -0.05) is 81.4 Å². The molecule has 0 aliphatic carbocycles. The largest absolute Gasteiger partial charge is 0.407 e. The van der Waals surface area contributed by atoms with Gasteiger partial charge in [0.05, 0.1) is 24.9 Å². The van der Waals surface area contributed by atoms with Crippen molar-refractivity contribution in [3.63, 3.8) is 0 Å². The first kappa shape index (κ1) is 26.5. The molecule has 192 valence electrons. The smallest absolute Gasteiger partial charge is 0.261 e. The number of fused-ring (bicyclic) bond motifs is 1. The van der Waals surface area contributed by atoms with E-state index in [-0.39, 0.29) is 36.6 Å². The zero-order valence-electron chi connectivity index (χ0n) is 21.5. The predicted molar refractivity (Wildman–Crippen MR) is 142 cm³/mol. The molecule has 5 nitrogen and oxygen atoms in total. The molecule has 4 unspecified atom stereocenters. The van der Waals surface area contributed by atoms with Gasteiger partial charge in [-0.3, -0.25) is 0 Å². The van der Waals surface area contributed by atoms with Crippen molar-refractivity contribution in [3.05, 3.63) is 60.7 Å². The van der Waals surface area contributed by atoms with Gasteiger partial charge in [0.1, 0.15) is 5.60 Å². The Morgan fingerprint density at radius 2 is 1.54 bits per heavy atom. The number of hydrogen-bond acceptors (Lipinski definition) is 5. The third-order valence-electron chi connectivity index (χ3n) is 7.80. The lowest BCUT2D eigenvalue weighted by molar-refractivity contribution is -0.185. The van der Waals surface area contributed by atoms with Gasteiger partial charge in [-0.25, -0.2) is 0 Å². The second-order valence-corrected chi connectivity index (χ2v) is 15.5. The first-order valence-corrected chi connectivity index (χ1v) is 15.1. The first-order chi connectivity index (χ1) is 16.8. The number of hydrogen-bond donors (Lipinski definition) is 2. The molecule has 0 radical (unpaired) electrons. The van der Waals surface area contributed by atoms with E-state index in [0.29, 0.717) is 19.4 Å². The lowest BCUT2D eigenvalue weighted by atomic mass is 9.86. The van der Waals surface area contributed by atoms with Gasteiger partial charge >= 0.3 is 0 Å². The average molecular weight is 499 g/mol. The van der Waals surface area contributed by atoms with Gasteiger partial charge in [0.2, 0.25) is 0 Å². The van der Waals surface area contributed by atoms with Crippen molar-refractivity contribution in [2.45, 2.75) is 88.2 Å². The number of aliphatic hydroxyl groups excluding tert-OH is 2. The van der Waals surface area contributed by atoms with Crippen molar-refractivity contribution in [2.75, 3.05) is 19.8 Å². The fourth-order valence-electron chi connectivity index (χ4n) is 6.11. The van der Waals surface area contributed by atoms with Crippen LogP contribution < -0.4 is 10.4 Å². The van der Waals surface area contributed by atoms with E-state index in [1.165, 1.54) is 10.4 Å². The van der Waals surface area contributed by atoms with Gasteiger partial charge in [-0.15, -0.1) is 0 Å². The molecule has 0 bridgehead atoms. The monoisotopic (exact) mass is 498 g/mol. The van der Waals surface area contributed by atoms with E-state index >= 15 is 0 Å². The molecule has 2 N–H and O–H groups in total. The van der Waals surface area contributed by atoms with Gasteiger partial charge < -0.3 is 24.1 Å². The number of benzene rings is 2. The van der Waals surface area contributed by atoms with E-state index in [0.717, 1.165) is 25.7 Å². The standard InChI is InChI=1S/C29H42O5Si/c1-28(2,3)35(25-12-6-4-7-13-25,26-14-8-5-9-15-26)32-20-18-23-16-17-27-29(22-31,34-23)21-24(33-27)11-10-19-30/h4-9,12-15,23-24,27,30-31H,10-11,16-22H2,1-3H3. The Labute approximate surface area is 211 Å². The van der Waals surface area contributed by atoms with Crippen molar-refractivity contribution in [3.8, 4) is 0 Å². The molecule has 2 heterocycles. The summed E-state index contributed by atoms with van der Waals surface area (Å²) in [5.74, 6) is 0. The van der Waals surface area contributed by atoms with Crippen LogP contribution in [0, 0.1) is 0 Å². The van der Waals surface area contributed by atoms with Crippen LogP contribution in [0.15, 0.2) is 60.7 Å². The summed E-state index contributed by atoms with van der Waals surface area (Å²) in [5, 5.41) is 22.0. The van der Waals surface area contributed by atoms with E-state index in [1.54, 1.807) is 0 Å². The fraction of sp³-hybridized carbons (Fsp3) is 0.586. The van der Waals surface area contributed by atoms with Crippen molar-refractivity contribution >= 4 is 18.7 Å². The van der Waals surface area contributed by atoms with Gasteiger partial charge in [-0.2, -0.15) is 0 Å². The molecule has 6 heteroatoms. The maximum Gasteiger partial charge on any atom is 0.261 e. The van der Waals surface area contributed by atoms with Crippen LogP contribution in [0.3, 0.4) is 0 Å². The molecule has 4 atom stereocenters. The molecule has 0 spiro atoms. The van der Waals surface area contributed by atoms with E-state index in [9.17, 15) is 10.2 Å². The number of rotatable bonds is 10. The minimum Gasteiger partial charge on any atom is -0.407 e. The van der Waals surface area contributed by atoms with E-state index in [4.69, 9.17) is 13.9 Å². The summed E-state index contributed by atoms with van der Waals surface area (Å²) in [4.78, 5) is 0. The summed E-state index contributed by atoms with van der Waals surface area (Å²) in [6.45, 7) is 7.64. The Hall–Kier alpha value is -1.54. The third kappa shape index (κ3) is 5.43. The quantitative estimate of drug-likeness (QED) is 0.488. The van der Waals surface area contributed by atoms with Gasteiger partial charge in [-0.05, 0) is 47.5 Å². The molecule has 2 aromatic rings. The molecule has 2 aliphatic heterocycles. The lowest BCUT2D eigenvalue weighted by Gasteiger charge is -2.44. The van der Waals surface area contributed by atoms with Crippen LogP contribution >= 0.6 is 0 Å². The second-order valence-electron chi connectivity index (χ2n) is 11.2. The normalized spacial score (nSPS) is 27.1. The Kier molecular flexibility index (Phi) is 8.52. The van der Waals surface area contributed by atoms with E-state index in [1.807, 2.05) is 0 Å². The summed E-state index contributed by atoms with van der Waals surface area (Å²) >= 11 is 0. The second kappa shape index (κ2) is 11.2. The van der Waals surface area contributed by atoms with Crippen LogP contribution in [-0.2, 0) is 13.9 Å². The van der Waals surface area contributed by atoms with Crippen molar-refractivity contribution < 1.29 is 24.1 Å². The third-order valence-corrected chi connectivity index (χ3v) is 12.8. The van der Waals surface area contributed by atoms with Crippen molar-refractivity contribution in [1.82, 2.24) is 0 Å². The molecule has 2 saturated heterocycles. The molecular formula is C29H42O5Si. The Bertz CT molecular complexity index is 876. The van der Waals surface area contributed by atoms with Gasteiger partial charge in [0.15, 0.2) is 0 Å². The SMILES string of the molecule is CC(C)(C)[Si](OCCC1CCC2OC(CCCO)CC2(CO)O1)(c1ccccc1)c1ccccc1. The predicted octanol–water partition coefficient (Wildman–Crippen LogP) is 3.79. The summed E-state index contributed by atoms with van der Waals surface area (Å²) in [6, 6.07) is 21.4. The summed E-state index contributed by atoms with van der Waals surface area (Å²) in [7, 11) is -2.57. The minimum atomic E-state index is -2.57. The summed E-state index contributed by atoms with van der Waals surface area (Å²) in [6.07, 6.45) is 4.83. The number of aliphatic hydroxyl groups is 2. The average Bonchev–Trinajstić information content (AvgIpc) is 3.24. The maximum atomic E-state index is 10.3. The molecule has 35 heavy (non-hydrogen) atoms. The van der Waals surface area contributed by atoms with Crippen LogP contribution in [-0.4, -0.2) is 62.3 Å². The zero-order chi connectivity index (χ0) is 24.9. The summed E-state index contributed by atoms with van der Waals surface area (Å²) < 4.78 is 19.8. The Morgan fingerprint density at radius 3 is 2.09 bits per heavy atom. The van der Waals surface area contributed by atoms with Crippen LogP contribution in [0.1, 0.15) is 59.3 Å². The molecular weight excluding hydrogens is 456 g/mol. The van der Waals surface area contributed by atoms with E-state index in [2.05, 4.69) is 81.4 Å². The van der Waals surface area contributed by atoms with Gasteiger partial charge in [0.25, 0.3) is 8.32 Å². The first-order valence-electron chi connectivity index (χ1n) is 13.1. The summed E-state index contributed by atoms with van der Waals surface area (Å²) in [5.41, 5.74) is -0.625. The van der Waals surface area contributed by atoms with Crippen molar-refractivity contribution in [2.24, 2.45) is 0 Å². The Balaban J connectivity index is 1.50. The van der Waals surface area contributed by atoms with Crippen molar-refractivity contribution in [1.29, 1.82) is 0 Å². The van der Waals surface area contributed by atoms with Crippen LogP contribution in [0.2, 0.25) is 5.04 Å². The fourth-order valence-corrected chi connectivity index (χ4v) is 10.7. The highest BCUT2D eigenvalue weighted by atomic mass is 28.4. The number of ether oxygens (including phenoxy) is 2. The Morgan fingerprint density at radius 1 is 0.914 bits per heavy atom. The van der Waals surface area contributed by atoms with Crippen LogP contribution in [0.5, 0.6) is 0 Å². The lowest BCUT2D eigenvalue weighted by Crippen LogP contribution is -2.66. The molecule has 2 fully saturated rings. The van der Waals surface area contributed by atoms with Crippen LogP contribution in [0.25, 0.3) is 0 Å². The molecule has 4 rings (SSSR count). The molecule has 0 amide bonds. The zero-order valence-corrected chi connectivity index (χ0v) is 22.5. The molecule has 0 saturated carbocycles. The molecule has 0 aromatic heterocycles. The maximum absolute atomic E-state index is 10.3. The topological polar surface area (TPSA) is 68.2 Å². The molecule has 2 aromatic carbocycles. The highest BCUT2D eigenvalue weighted by Gasteiger charge is 2.53. The highest BCUT2D eigenvalue weighted by molar-refractivity contribution is 6.99. The van der Waals surface area contributed by atoms with Gasteiger partial charge in [0, 0.05) is 19.6 Å². The van der Waals surface area contributed by atoms with E-state index < -0.39 is 13.9 Å². The van der Waals surface area contributed by atoms with Crippen LogP contribution in [0.4, 0.5) is 0 Å². The minimum absolute atomic E-state index is 0.0284.